The molecule has 0 unspecified atom stereocenters. The maximum Gasteiger partial charge on any atom is 0.266 e. The first-order valence-electron chi connectivity index (χ1n) is 11.2. The van der Waals surface area contributed by atoms with Crippen molar-refractivity contribution in [2.45, 2.75) is 24.9 Å². The Kier molecular flexibility index (Phi) is 7.65. The van der Waals surface area contributed by atoms with Gasteiger partial charge in [-0.3, -0.25) is 14.2 Å². The Morgan fingerprint density at radius 3 is 2.53 bits per heavy atom. The summed E-state index contributed by atoms with van der Waals surface area (Å²) in [4.78, 5) is 30.7. The standard InChI is InChI=1S/C27H27N3O3S/c1-3-20-8-4-7-11-24(20)30-26(32)22-9-5-6-10-23(22)29-27(30)34-18-25(31)28-17-16-19-12-14-21(33-2)15-13-19/h4-15H,3,16-18H2,1-2H3,(H,28,31). The van der Waals surface area contributed by atoms with Crippen LogP contribution in [0.15, 0.2) is 82.7 Å². The zero-order valence-corrected chi connectivity index (χ0v) is 20.1. The predicted molar refractivity (Wildman–Crippen MR) is 137 cm³/mol. The molecule has 0 saturated carbocycles. The van der Waals surface area contributed by atoms with Gasteiger partial charge in [0.2, 0.25) is 5.91 Å². The molecule has 1 amide bonds. The fourth-order valence-electron chi connectivity index (χ4n) is 3.77. The van der Waals surface area contributed by atoms with Crippen LogP contribution in [0.5, 0.6) is 5.75 Å². The summed E-state index contributed by atoms with van der Waals surface area (Å²) in [7, 11) is 1.64. The normalized spacial score (nSPS) is 10.9. The van der Waals surface area contributed by atoms with Crippen LogP contribution in [-0.4, -0.2) is 34.9 Å². The minimum Gasteiger partial charge on any atom is -0.497 e. The molecule has 0 saturated heterocycles. The van der Waals surface area contributed by atoms with Crippen LogP contribution in [-0.2, 0) is 17.6 Å². The summed E-state index contributed by atoms with van der Waals surface area (Å²) in [5.41, 5.74) is 3.46. The van der Waals surface area contributed by atoms with Crippen molar-refractivity contribution in [1.29, 1.82) is 0 Å². The van der Waals surface area contributed by atoms with Crippen molar-refractivity contribution < 1.29 is 9.53 Å². The maximum absolute atomic E-state index is 13.4. The van der Waals surface area contributed by atoms with Crippen LogP contribution < -0.4 is 15.6 Å². The largest absolute Gasteiger partial charge is 0.497 e. The van der Waals surface area contributed by atoms with E-state index in [1.54, 1.807) is 17.7 Å². The van der Waals surface area contributed by atoms with E-state index in [0.29, 0.717) is 22.6 Å². The molecule has 0 aliphatic rings. The number of rotatable bonds is 9. The summed E-state index contributed by atoms with van der Waals surface area (Å²) < 4.78 is 6.81. The van der Waals surface area contributed by atoms with Gasteiger partial charge in [0, 0.05) is 6.54 Å². The number of thioether (sulfide) groups is 1. The number of carbonyl (C=O) groups excluding carboxylic acids is 1. The highest BCUT2D eigenvalue weighted by Gasteiger charge is 2.16. The molecular weight excluding hydrogens is 446 g/mol. The van der Waals surface area contributed by atoms with Gasteiger partial charge in [-0.1, -0.05) is 61.2 Å². The van der Waals surface area contributed by atoms with Gasteiger partial charge in [-0.05, 0) is 54.3 Å². The Hall–Kier alpha value is -3.58. The summed E-state index contributed by atoms with van der Waals surface area (Å²) >= 11 is 1.27. The van der Waals surface area contributed by atoms with Crippen molar-refractivity contribution >= 4 is 28.6 Å². The van der Waals surface area contributed by atoms with Crippen molar-refractivity contribution in [2.24, 2.45) is 0 Å². The molecule has 6 nitrogen and oxygen atoms in total. The lowest BCUT2D eigenvalue weighted by atomic mass is 10.1. The maximum atomic E-state index is 13.4. The molecule has 1 heterocycles. The van der Waals surface area contributed by atoms with Crippen molar-refractivity contribution in [3.8, 4) is 11.4 Å². The molecule has 0 radical (unpaired) electrons. The molecule has 4 aromatic rings. The average Bonchev–Trinajstić information content (AvgIpc) is 2.88. The molecule has 0 bridgehead atoms. The lowest BCUT2D eigenvalue weighted by Gasteiger charge is -2.16. The summed E-state index contributed by atoms with van der Waals surface area (Å²) in [6.07, 6.45) is 1.51. The highest BCUT2D eigenvalue weighted by atomic mass is 32.2. The number of aromatic nitrogens is 2. The van der Waals surface area contributed by atoms with E-state index < -0.39 is 0 Å². The number of fused-ring (bicyclic) bond motifs is 1. The molecule has 174 valence electrons. The van der Waals surface area contributed by atoms with Gasteiger partial charge in [0.1, 0.15) is 5.75 Å². The minimum absolute atomic E-state index is 0.101. The van der Waals surface area contributed by atoms with E-state index in [2.05, 4.69) is 12.2 Å². The van der Waals surface area contributed by atoms with Crippen LogP contribution in [0, 0.1) is 0 Å². The summed E-state index contributed by atoms with van der Waals surface area (Å²) in [6.45, 7) is 2.59. The zero-order chi connectivity index (χ0) is 23.9. The molecule has 3 aromatic carbocycles. The highest BCUT2D eigenvalue weighted by molar-refractivity contribution is 7.99. The second-order valence-corrected chi connectivity index (χ2v) is 8.71. The van der Waals surface area contributed by atoms with Crippen molar-refractivity contribution in [2.75, 3.05) is 19.4 Å². The number of carbonyl (C=O) groups is 1. The van der Waals surface area contributed by atoms with Gasteiger partial charge in [-0.15, -0.1) is 0 Å². The van der Waals surface area contributed by atoms with Crippen LogP contribution in [0.25, 0.3) is 16.6 Å². The van der Waals surface area contributed by atoms with Crippen LogP contribution >= 0.6 is 11.8 Å². The molecule has 4 rings (SSSR count). The third-order valence-corrected chi connectivity index (χ3v) is 6.52. The molecule has 0 atom stereocenters. The number of methoxy groups -OCH3 is 1. The molecule has 34 heavy (non-hydrogen) atoms. The second kappa shape index (κ2) is 11.0. The third-order valence-electron chi connectivity index (χ3n) is 5.59. The number of ether oxygens (including phenoxy) is 1. The van der Waals surface area contributed by atoms with Crippen LogP contribution in [0.2, 0.25) is 0 Å². The van der Waals surface area contributed by atoms with Gasteiger partial charge in [0.05, 0.1) is 29.5 Å². The fourth-order valence-corrected chi connectivity index (χ4v) is 4.60. The number of aryl methyl sites for hydroxylation is 1. The summed E-state index contributed by atoms with van der Waals surface area (Å²) in [5, 5.41) is 4.02. The topological polar surface area (TPSA) is 73.2 Å². The number of benzene rings is 3. The fraction of sp³-hybridized carbons (Fsp3) is 0.222. The average molecular weight is 474 g/mol. The molecule has 0 spiro atoms. The molecule has 7 heteroatoms. The number of nitrogens with zero attached hydrogens (tertiary/aromatic N) is 2. The van der Waals surface area contributed by atoms with E-state index in [9.17, 15) is 9.59 Å². The van der Waals surface area contributed by atoms with E-state index in [0.717, 1.165) is 35.4 Å². The summed E-state index contributed by atoms with van der Waals surface area (Å²) in [6, 6.07) is 22.9. The Bertz CT molecular complexity index is 1350. The first-order chi connectivity index (χ1) is 16.6. The lowest BCUT2D eigenvalue weighted by molar-refractivity contribution is -0.118. The molecule has 1 aromatic heterocycles. The Morgan fingerprint density at radius 1 is 1.03 bits per heavy atom. The third kappa shape index (κ3) is 5.31. The molecule has 0 aliphatic heterocycles. The number of amides is 1. The van der Waals surface area contributed by atoms with Gasteiger partial charge in [-0.25, -0.2) is 4.98 Å². The van der Waals surface area contributed by atoms with E-state index in [1.165, 1.54) is 11.8 Å². The molecular formula is C27H27N3O3S. The van der Waals surface area contributed by atoms with E-state index >= 15 is 0 Å². The number of hydrogen-bond acceptors (Lipinski definition) is 5. The first-order valence-corrected chi connectivity index (χ1v) is 12.2. The summed E-state index contributed by atoms with van der Waals surface area (Å²) in [5.74, 6) is 0.876. The van der Waals surface area contributed by atoms with Gasteiger partial charge in [-0.2, -0.15) is 0 Å². The van der Waals surface area contributed by atoms with Gasteiger partial charge in [0.15, 0.2) is 5.16 Å². The van der Waals surface area contributed by atoms with Gasteiger partial charge < -0.3 is 10.1 Å². The highest BCUT2D eigenvalue weighted by Crippen LogP contribution is 2.23. The Morgan fingerprint density at radius 2 is 1.76 bits per heavy atom. The van der Waals surface area contributed by atoms with Crippen molar-refractivity contribution in [3.63, 3.8) is 0 Å². The van der Waals surface area contributed by atoms with Gasteiger partial charge in [0.25, 0.3) is 5.56 Å². The zero-order valence-electron chi connectivity index (χ0n) is 19.3. The molecule has 1 N–H and O–H groups in total. The minimum atomic E-state index is -0.131. The quantitative estimate of drug-likeness (QED) is 0.288. The molecule has 0 aliphatic carbocycles. The Labute approximate surface area is 203 Å². The van der Waals surface area contributed by atoms with Crippen molar-refractivity contribution in [1.82, 2.24) is 14.9 Å². The predicted octanol–water partition coefficient (Wildman–Crippen LogP) is 4.41. The molecule has 0 fully saturated rings. The number of para-hydroxylation sites is 2. The second-order valence-electron chi connectivity index (χ2n) is 7.77. The van der Waals surface area contributed by atoms with E-state index in [1.807, 2.05) is 66.7 Å². The first kappa shape index (κ1) is 23.6. The SMILES string of the molecule is CCc1ccccc1-n1c(SCC(=O)NCCc2ccc(OC)cc2)nc2ccccc2c1=O. The Balaban J connectivity index is 1.51. The number of nitrogens with one attached hydrogen (secondary N) is 1. The monoisotopic (exact) mass is 473 g/mol. The lowest BCUT2D eigenvalue weighted by Crippen LogP contribution is -2.28. The smallest absolute Gasteiger partial charge is 0.266 e. The van der Waals surface area contributed by atoms with Gasteiger partial charge >= 0.3 is 0 Å². The van der Waals surface area contributed by atoms with E-state index in [-0.39, 0.29) is 17.2 Å². The van der Waals surface area contributed by atoms with Crippen LogP contribution in [0.1, 0.15) is 18.1 Å². The number of hydrogen-bond donors (Lipinski definition) is 1. The van der Waals surface area contributed by atoms with Crippen molar-refractivity contribution in [3.05, 3.63) is 94.3 Å². The van der Waals surface area contributed by atoms with Crippen LogP contribution in [0.4, 0.5) is 0 Å². The van der Waals surface area contributed by atoms with E-state index in [4.69, 9.17) is 9.72 Å². The van der Waals surface area contributed by atoms with Crippen LogP contribution in [0.3, 0.4) is 0 Å².